The molecule has 1 saturated heterocycles. The third-order valence-electron chi connectivity index (χ3n) is 6.51. The summed E-state index contributed by atoms with van der Waals surface area (Å²) in [5, 5.41) is 2.34. The number of hydrogen-bond donors (Lipinski definition) is 1. The van der Waals surface area contributed by atoms with Gasteiger partial charge in [-0.25, -0.2) is 14.4 Å². The Balaban J connectivity index is 1.71. The second-order valence-corrected chi connectivity index (χ2v) is 9.60. The maximum absolute atomic E-state index is 13.9. The molecule has 3 aromatic heterocycles. The highest BCUT2D eigenvalue weighted by Crippen LogP contribution is 2.40. The van der Waals surface area contributed by atoms with E-state index in [9.17, 15) is 14.0 Å². The second-order valence-electron chi connectivity index (χ2n) is 9.60. The van der Waals surface area contributed by atoms with Crippen LogP contribution in [0.4, 0.5) is 10.1 Å². The van der Waals surface area contributed by atoms with Crippen molar-refractivity contribution in [2.45, 2.75) is 46.6 Å². The van der Waals surface area contributed by atoms with Crippen LogP contribution in [0.3, 0.4) is 0 Å². The number of nitrogens with zero attached hydrogens (tertiary/aromatic N) is 3. The second kappa shape index (κ2) is 9.48. The quantitative estimate of drug-likeness (QED) is 0.330. The Kier molecular flexibility index (Phi) is 6.33. The van der Waals surface area contributed by atoms with Crippen molar-refractivity contribution in [1.29, 1.82) is 0 Å². The monoisotopic (exact) mass is 504 g/mol. The zero-order valence-corrected chi connectivity index (χ0v) is 21.5. The number of carbonyl (C=O) groups excluding carboxylic acids is 1. The number of hydroxylamine groups is 1. The molecule has 1 unspecified atom stereocenters. The first-order valence-corrected chi connectivity index (χ1v) is 12.3. The molecule has 1 aliphatic rings. The zero-order chi connectivity index (χ0) is 26.4. The fourth-order valence-corrected chi connectivity index (χ4v) is 4.68. The van der Waals surface area contributed by atoms with Gasteiger partial charge in [0.05, 0.1) is 24.1 Å². The highest BCUT2D eigenvalue weighted by molar-refractivity contribution is 6.04. The third kappa shape index (κ3) is 4.51. The van der Waals surface area contributed by atoms with E-state index in [4.69, 9.17) is 9.57 Å². The Labute approximate surface area is 213 Å². The molecular weight excluding hydrogens is 475 g/mol. The molecule has 0 spiro atoms. The van der Waals surface area contributed by atoms with E-state index in [1.165, 1.54) is 16.7 Å². The number of hydrogen-bond acceptors (Lipinski definition) is 6. The number of H-pyrrole nitrogens is 1. The average Bonchev–Trinajstić information content (AvgIpc) is 3.28. The number of rotatable bonds is 7. The number of nitrogens with one attached hydrogen (secondary N) is 1. The highest BCUT2D eigenvalue weighted by atomic mass is 19.1. The Hall–Kier alpha value is -3.98. The van der Waals surface area contributed by atoms with Crippen LogP contribution in [0.1, 0.15) is 48.3 Å². The number of aromatic amines is 1. The number of ether oxygens (including phenoxy) is 1. The Morgan fingerprint density at radius 3 is 2.57 bits per heavy atom. The predicted octanol–water partition coefficient (Wildman–Crippen LogP) is 5.60. The minimum atomic E-state index is -0.341. The predicted molar refractivity (Wildman–Crippen MR) is 140 cm³/mol. The van der Waals surface area contributed by atoms with Gasteiger partial charge in [-0.15, -0.1) is 0 Å². The average molecular weight is 505 g/mol. The van der Waals surface area contributed by atoms with Crippen molar-refractivity contribution in [3.8, 4) is 22.8 Å². The lowest BCUT2D eigenvalue weighted by Gasteiger charge is -2.37. The molecule has 192 valence electrons. The van der Waals surface area contributed by atoms with Crippen LogP contribution in [0.15, 0.2) is 41.5 Å². The van der Waals surface area contributed by atoms with Crippen LogP contribution >= 0.6 is 0 Å². The van der Waals surface area contributed by atoms with Crippen LogP contribution < -0.4 is 15.4 Å². The van der Waals surface area contributed by atoms with Crippen molar-refractivity contribution in [3.63, 3.8) is 0 Å². The van der Waals surface area contributed by atoms with Crippen LogP contribution in [0, 0.1) is 19.7 Å². The standard InChI is InChI=1S/C28H29FN4O4/c1-6-7-24(34)23-11-20-22(14-32(5)28(35)25(20)31-23)21-10-19(33-13-17(4)37-33)12-30-27(21)36-26-15(2)8-18(29)9-16(26)3/h8-12,14,17,31H,6-7,13H2,1-5H3. The van der Waals surface area contributed by atoms with E-state index < -0.39 is 0 Å². The van der Waals surface area contributed by atoms with Gasteiger partial charge in [-0.05, 0) is 62.6 Å². The SMILES string of the molecule is CCCC(=O)c1cc2c(-c3cc(N4CC(C)O4)cnc3Oc3c(C)cc(F)cc3C)cn(C)c(=O)c2[nH]1. The third-order valence-corrected chi connectivity index (χ3v) is 6.51. The van der Waals surface area contributed by atoms with Crippen molar-refractivity contribution in [2.75, 3.05) is 11.6 Å². The fraction of sp³-hybridized carbons (Fsp3) is 0.321. The Morgan fingerprint density at radius 2 is 1.92 bits per heavy atom. The lowest BCUT2D eigenvalue weighted by molar-refractivity contribution is -0.0443. The molecule has 37 heavy (non-hydrogen) atoms. The largest absolute Gasteiger partial charge is 0.438 e. The van der Waals surface area contributed by atoms with Crippen molar-refractivity contribution in [3.05, 3.63) is 69.7 Å². The molecule has 0 radical (unpaired) electrons. The van der Waals surface area contributed by atoms with Gasteiger partial charge in [-0.2, -0.15) is 0 Å². The van der Waals surface area contributed by atoms with Gasteiger partial charge >= 0.3 is 0 Å². The molecule has 1 fully saturated rings. The van der Waals surface area contributed by atoms with Crippen molar-refractivity contribution >= 4 is 22.4 Å². The maximum Gasteiger partial charge on any atom is 0.274 e. The lowest BCUT2D eigenvalue weighted by Crippen LogP contribution is -2.46. The summed E-state index contributed by atoms with van der Waals surface area (Å²) in [6.45, 7) is 8.17. The zero-order valence-electron chi connectivity index (χ0n) is 21.5. The van der Waals surface area contributed by atoms with Crippen LogP contribution in [-0.2, 0) is 11.9 Å². The lowest BCUT2D eigenvalue weighted by atomic mass is 10.0. The summed E-state index contributed by atoms with van der Waals surface area (Å²) in [7, 11) is 1.66. The van der Waals surface area contributed by atoms with Crippen LogP contribution in [0.5, 0.6) is 11.6 Å². The summed E-state index contributed by atoms with van der Waals surface area (Å²) in [5.74, 6) is 0.394. The van der Waals surface area contributed by atoms with Crippen LogP contribution in [-0.4, -0.2) is 33.0 Å². The van der Waals surface area contributed by atoms with Gasteiger partial charge in [0.2, 0.25) is 5.88 Å². The molecule has 5 rings (SSSR count). The van der Waals surface area contributed by atoms with Crippen molar-refractivity contribution in [2.24, 2.45) is 7.05 Å². The minimum absolute atomic E-state index is 0.0596. The highest BCUT2D eigenvalue weighted by Gasteiger charge is 2.27. The van der Waals surface area contributed by atoms with Gasteiger partial charge < -0.3 is 14.3 Å². The van der Waals surface area contributed by atoms with Crippen molar-refractivity contribution < 1.29 is 18.8 Å². The van der Waals surface area contributed by atoms with Gasteiger partial charge in [0.15, 0.2) is 5.78 Å². The van der Waals surface area contributed by atoms with E-state index in [0.717, 1.165) is 5.69 Å². The molecule has 1 aliphatic heterocycles. The van der Waals surface area contributed by atoms with Gasteiger partial charge in [-0.3, -0.25) is 14.4 Å². The molecule has 8 nitrogen and oxygen atoms in total. The van der Waals surface area contributed by atoms with E-state index >= 15 is 0 Å². The van der Waals surface area contributed by atoms with Crippen molar-refractivity contribution in [1.82, 2.24) is 14.5 Å². The Bertz CT molecular complexity index is 1560. The van der Waals surface area contributed by atoms with Gasteiger partial charge in [0.25, 0.3) is 5.56 Å². The number of fused-ring (bicyclic) bond motifs is 1. The molecule has 4 aromatic rings. The van der Waals surface area contributed by atoms with Crippen LogP contribution in [0.2, 0.25) is 0 Å². The summed E-state index contributed by atoms with van der Waals surface area (Å²) < 4.78 is 21.7. The number of Topliss-reactive ketones (excluding diaryl/α,β-unsaturated/α-hetero) is 1. The molecule has 0 bridgehead atoms. The molecule has 1 aromatic carbocycles. The minimum Gasteiger partial charge on any atom is -0.438 e. The van der Waals surface area contributed by atoms with E-state index in [1.54, 1.807) is 44.4 Å². The van der Waals surface area contributed by atoms with E-state index in [1.807, 2.05) is 19.9 Å². The number of halogens is 1. The summed E-state index contributed by atoms with van der Waals surface area (Å²) in [6.07, 6.45) is 4.55. The van der Waals surface area contributed by atoms with Crippen LogP contribution in [0.25, 0.3) is 22.0 Å². The normalized spacial score (nSPS) is 15.2. The topological polar surface area (TPSA) is 89.5 Å². The Morgan fingerprint density at radius 1 is 1.22 bits per heavy atom. The summed E-state index contributed by atoms with van der Waals surface area (Å²) in [4.78, 5) is 39.0. The number of aryl methyl sites for hydroxylation is 3. The smallest absolute Gasteiger partial charge is 0.274 e. The molecule has 9 heteroatoms. The number of benzene rings is 1. The summed E-state index contributed by atoms with van der Waals surface area (Å²) in [5.41, 5.74) is 3.75. The molecule has 0 aliphatic carbocycles. The molecule has 0 amide bonds. The van der Waals surface area contributed by atoms with E-state index in [2.05, 4.69) is 9.97 Å². The molecule has 1 atom stereocenters. The maximum atomic E-state index is 13.9. The number of carbonyl (C=O) groups is 1. The first kappa shape index (κ1) is 24.7. The number of ketones is 1. The molecule has 0 saturated carbocycles. The van der Waals surface area contributed by atoms with E-state index in [-0.39, 0.29) is 29.1 Å². The first-order valence-electron chi connectivity index (χ1n) is 12.3. The summed E-state index contributed by atoms with van der Waals surface area (Å²) in [6, 6.07) is 6.43. The van der Waals surface area contributed by atoms with Gasteiger partial charge in [0, 0.05) is 36.2 Å². The summed E-state index contributed by atoms with van der Waals surface area (Å²) >= 11 is 0. The first-order chi connectivity index (χ1) is 17.7. The number of pyridine rings is 2. The molecular formula is C28H29FN4O4. The number of anilines is 1. The van der Waals surface area contributed by atoms with Gasteiger partial charge in [0.1, 0.15) is 23.2 Å². The molecule has 1 N–H and O–H groups in total. The molecule has 4 heterocycles. The fourth-order valence-electron chi connectivity index (χ4n) is 4.68. The van der Waals surface area contributed by atoms with Gasteiger partial charge in [-0.1, -0.05) is 6.92 Å². The number of aromatic nitrogens is 3. The van der Waals surface area contributed by atoms with E-state index in [0.29, 0.717) is 64.0 Å².